The van der Waals surface area contributed by atoms with Gasteiger partial charge in [0.15, 0.2) is 0 Å². The summed E-state index contributed by atoms with van der Waals surface area (Å²) < 4.78 is 0. The van der Waals surface area contributed by atoms with Crippen LogP contribution in [0, 0.1) is 5.92 Å². The highest BCUT2D eigenvalue weighted by Crippen LogP contribution is 2.09. The SMILES string of the molecule is CC(C)CCNc1cncc(C(=O)NC(C)C)c1. The van der Waals surface area contributed by atoms with E-state index in [4.69, 9.17) is 0 Å². The second-order valence-corrected chi connectivity index (χ2v) is 5.20. The molecule has 0 aliphatic rings. The summed E-state index contributed by atoms with van der Waals surface area (Å²) in [5.74, 6) is 0.586. The first kappa shape index (κ1) is 14.5. The zero-order valence-electron chi connectivity index (χ0n) is 11.7. The fraction of sp³-hybridized carbons (Fsp3) is 0.571. The molecular formula is C14H23N3O. The number of aromatic nitrogens is 1. The number of anilines is 1. The lowest BCUT2D eigenvalue weighted by molar-refractivity contribution is 0.0943. The Balaban J connectivity index is 2.59. The highest BCUT2D eigenvalue weighted by Gasteiger charge is 2.07. The summed E-state index contributed by atoms with van der Waals surface area (Å²) in [7, 11) is 0. The number of nitrogens with one attached hydrogen (secondary N) is 2. The first-order valence-electron chi connectivity index (χ1n) is 6.49. The number of carbonyl (C=O) groups excluding carboxylic acids is 1. The maximum Gasteiger partial charge on any atom is 0.253 e. The van der Waals surface area contributed by atoms with Crippen LogP contribution in [0.3, 0.4) is 0 Å². The van der Waals surface area contributed by atoms with Crippen LogP contribution in [0.1, 0.15) is 44.5 Å². The standard InChI is InChI=1S/C14H23N3O/c1-10(2)5-6-16-13-7-12(8-15-9-13)14(18)17-11(3)4/h7-11,16H,5-6H2,1-4H3,(H,17,18). The van der Waals surface area contributed by atoms with Gasteiger partial charge in [0.25, 0.3) is 5.91 Å². The third kappa shape index (κ3) is 5.17. The monoisotopic (exact) mass is 249 g/mol. The van der Waals surface area contributed by atoms with Gasteiger partial charge in [0.1, 0.15) is 0 Å². The zero-order valence-corrected chi connectivity index (χ0v) is 11.7. The molecule has 0 bridgehead atoms. The Hall–Kier alpha value is -1.58. The molecule has 4 nitrogen and oxygen atoms in total. The molecule has 1 aromatic heterocycles. The summed E-state index contributed by atoms with van der Waals surface area (Å²) in [6, 6.07) is 1.97. The van der Waals surface area contributed by atoms with Gasteiger partial charge in [-0.1, -0.05) is 13.8 Å². The largest absolute Gasteiger partial charge is 0.384 e. The van der Waals surface area contributed by atoms with Gasteiger partial charge in [-0.3, -0.25) is 9.78 Å². The number of pyridine rings is 1. The zero-order chi connectivity index (χ0) is 13.5. The molecule has 1 heterocycles. The Bertz CT molecular complexity index is 388. The number of hydrogen-bond acceptors (Lipinski definition) is 3. The van der Waals surface area contributed by atoms with E-state index in [0.717, 1.165) is 18.7 Å². The van der Waals surface area contributed by atoms with Crippen molar-refractivity contribution in [1.29, 1.82) is 0 Å². The molecule has 0 aliphatic heterocycles. The van der Waals surface area contributed by atoms with Gasteiger partial charge in [-0.25, -0.2) is 0 Å². The van der Waals surface area contributed by atoms with Crippen molar-refractivity contribution in [2.24, 2.45) is 5.92 Å². The summed E-state index contributed by atoms with van der Waals surface area (Å²) in [5, 5.41) is 6.14. The van der Waals surface area contributed by atoms with E-state index in [1.54, 1.807) is 12.4 Å². The van der Waals surface area contributed by atoms with Crippen LogP contribution in [-0.2, 0) is 0 Å². The molecule has 4 heteroatoms. The van der Waals surface area contributed by atoms with Crippen LogP contribution in [0.25, 0.3) is 0 Å². The lowest BCUT2D eigenvalue weighted by Gasteiger charge is -2.11. The number of rotatable bonds is 6. The highest BCUT2D eigenvalue weighted by atomic mass is 16.1. The van der Waals surface area contributed by atoms with Gasteiger partial charge in [-0.2, -0.15) is 0 Å². The minimum absolute atomic E-state index is 0.0787. The van der Waals surface area contributed by atoms with Gasteiger partial charge >= 0.3 is 0 Å². The Labute approximate surface area is 109 Å². The third-order valence-electron chi connectivity index (χ3n) is 2.47. The summed E-state index contributed by atoms with van der Waals surface area (Å²) in [6.45, 7) is 9.15. The van der Waals surface area contributed by atoms with Crippen molar-refractivity contribution in [1.82, 2.24) is 10.3 Å². The normalized spacial score (nSPS) is 10.8. The lowest BCUT2D eigenvalue weighted by Crippen LogP contribution is -2.30. The number of amides is 1. The van der Waals surface area contributed by atoms with Crippen LogP contribution in [0.15, 0.2) is 18.5 Å². The van der Waals surface area contributed by atoms with Gasteiger partial charge in [0, 0.05) is 25.0 Å². The van der Waals surface area contributed by atoms with Crippen molar-refractivity contribution in [2.75, 3.05) is 11.9 Å². The van der Waals surface area contributed by atoms with E-state index >= 15 is 0 Å². The van der Waals surface area contributed by atoms with E-state index in [9.17, 15) is 4.79 Å². The summed E-state index contributed by atoms with van der Waals surface area (Å²) in [6.07, 6.45) is 4.43. The maximum absolute atomic E-state index is 11.8. The van der Waals surface area contributed by atoms with Gasteiger partial charge in [0.05, 0.1) is 11.3 Å². The minimum Gasteiger partial charge on any atom is -0.384 e. The molecule has 0 spiro atoms. The van der Waals surface area contributed by atoms with Crippen LogP contribution in [0.5, 0.6) is 0 Å². The molecular weight excluding hydrogens is 226 g/mol. The Morgan fingerprint density at radius 2 is 2.00 bits per heavy atom. The average molecular weight is 249 g/mol. The van der Waals surface area contributed by atoms with Crippen LogP contribution in [0.4, 0.5) is 5.69 Å². The van der Waals surface area contributed by atoms with Crippen LogP contribution in [0.2, 0.25) is 0 Å². The predicted molar refractivity (Wildman–Crippen MR) is 74.8 cm³/mol. The molecule has 1 aromatic rings. The molecule has 100 valence electrons. The molecule has 0 aliphatic carbocycles. The van der Waals surface area contributed by atoms with Crippen molar-refractivity contribution >= 4 is 11.6 Å². The molecule has 0 fully saturated rings. The van der Waals surface area contributed by atoms with E-state index in [0.29, 0.717) is 11.5 Å². The lowest BCUT2D eigenvalue weighted by atomic mass is 10.1. The fourth-order valence-corrected chi connectivity index (χ4v) is 1.51. The topological polar surface area (TPSA) is 54.0 Å². The molecule has 0 saturated heterocycles. The van der Waals surface area contributed by atoms with Gasteiger partial charge in [-0.05, 0) is 32.3 Å². The Morgan fingerprint density at radius 3 is 2.61 bits per heavy atom. The molecule has 0 aromatic carbocycles. The average Bonchev–Trinajstić information content (AvgIpc) is 2.28. The smallest absolute Gasteiger partial charge is 0.253 e. The molecule has 1 amide bonds. The third-order valence-corrected chi connectivity index (χ3v) is 2.47. The molecule has 0 saturated carbocycles. The minimum atomic E-state index is -0.0787. The molecule has 0 unspecified atom stereocenters. The highest BCUT2D eigenvalue weighted by molar-refractivity contribution is 5.94. The van der Waals surface area contributed by atoms with Crippen molar-refractivity contribution < 1.29 is 4.79 Å². The van der Waals surface area contributed by atoms with E-state index in [2.05, 4.69) is 29.5 Å². The number of nitrogens with zero attached hydrogens (tertiary/aromatic N) is 1. The van der Waals surface area contributed by atoms with Crippen LogP contribution >= 0.6 is 0 Å². The van der Waals surface area contributed by atoms with Crippen molar-refractivity contribution in [3.05, 3.63) is 24.0 Å². The summed E-state index contributed by atoms with van der Waals surface area (Å²) >= 11 is 0. The first-order valence-corrected chi connectivity index (χ1v) is 6.49. The summed E-state index contributed by atoms with van der Waals surface area (Å²) in [4.78, 5) is 15.9. The fourth-order valence-electron chi connectivity index (χ4n) is 1.51. The van der Waals surface area contributed by atoms with Crippen LogP contribution in [-0.4, -0.2) is 23.5 Å². The van der Waals surface area contributed by atoms with Gasteiger partial charge in [-0.15, -0.1) is 0 Å². The van der Waals surface area contributed by atoms with E-state index in [1.807, 2.05) is 19.9 Å². The molecule has 0 radical (unpaired) electrons. The maximum atomic E-state index is 11.8. The van der Waals surface area contributed by atoms with Gasteiger partial charge < -0.3 is 10.6 Å². The van der Waals surface area contributed by atoms with Crippen molar-refractivity contribution in [3.8, 4) is 0 Å². The first-order chi connectivity index (χ1) is 8.49. The van der Waals surface area contributed by atoms with Crippen molar-refractivity contribution in [2.45, 2.75) is 40.2 Å². The molecule has 1 rings (SSSR count). The Morgan fingerprint density at radius 1 is 1.28 bits per heavy atom. The molecule has 0 atom stereocenters. The van der Waals surface area contributed by atoms with E-state index in [1.165, 1.54) is 0 Å². The molecule has 2 N–H and O–H groups in total. The quantitative estimate of drug-likeness (QED) is 0.815. The van der Waals surface area contributed by atoms with Crippen molar-refractivity contribution in [3.63, 3.8) is 0 Å². The second-order valence-electron chi connectivity index (χ2n) is 5.20. The summed E-state index contributed by atoms with van der Waals surface area (Å²) in [5.41, 5.74) is 1.49. The van der Waals surface area contributed by atoms with Gasteiger partial charge in [0.2, 0.25) is 0 Å². The molecule has 18 heavy (non-hydrogen) atoms. The predicted octanol–water partition coefficient (Wildman–Crippen LogP) is 2.68. The number of hydrogen-bond donors (Lipinski definition) is 2. The second kappa shape index (κ2) is 6.99. The Kier molecular flexibility index (Phi) is 5.62. The van der Waals surface area contributed by atoms with Crippen LogP contribution < -0.4 is 10.6 Å². The number of carbonyl (C=O) groups is 1. The van der Waals surface area contributed by atoms with E-state index < -0.39 is 0 Å². The van der Waals surface area contributed by atoms with E-state index in [-0.39, 0.29) is 11.9 Å².